The van der Waals surface area contributed by atoms with E-state index in [1.807, 2.05) is 13.8 Å². The Hall–Kier alpha value is -0.410. The van der Waals surface area contributed by atoms with Gasteiger partial charge in [-0.3, -0.25) is 9.69 Å². The Kier molecular flexibility index (Phi) is 4.74. The number of carbonyl (C=O) groups excluding carboxylic acids is 1. The number of rotatable bonds is 3. The van der Waals surface area contributed by atoms with Crippen molar-refractivity contribution in [3.63, 3.8) is 0 Å². The molecule has 3 heteroatoms. The van der Waals surface area contributed by atoms with E-state index in [0.717, 1.165) is 19.6 Å². The molecule has 0 spiro atoms. The standard InChI is InChI=1S/C12H24N2O/c1-5-12(15)11(3)14-8-6-7-13(4)9-10(14)2/h10-11H,5-9H2,1-4H3. The first-order chi connectivity index (χ1) is 7.06. The Morgan fingerprint density at radius 1 is 1.47 bits per heavy atom. The van der Waals surface area contributed by atoms with Crippen LogP contribution in [0.25, 0.3) is 0 Å². The van der Waals surface area contributed by atoms with Gasteiger partial charge >= 0.3 is 0 Å². The third kappa shape index (κ3) is 3.28. The molecule has 1 fully saturated rings. The molecule has 2 atom stereocenters. The van der Waals surface area contributed by atoms with Crippen molar-refractivity contribution in [3.05, 3.63) is 0 Å². The van der Waals surface area contributed by atoms with Gasteiger partial charge < -0.3 is 4.90 Å². The van der Waals surface area contributed by atoms with Crippen molar-refractivity contribution in [2.24, 2.45) is 0 Å². The summed E-state index contributed by atoms with van der Waals surface area (Å²) in [6, 6.07) is 0.583. The maximum Gasteiger partial charge on any atom is 0.149 e. The number of likely N-dealkylation sites (N-methyl/N-ethyl adjacent to an activating group) is 1. The van der Waals surface area contributed by atoms with Crippen LogP contribution in [-0.4, -0.2) is 54.3 Å². The molecule has 1 aliphatic rings. The summed E-state index contributed by atoms with van der Waals surface area (Å²) in [4.78, 5) is 16.4. The first-order valence-electron chi connectivity index (χ1n) is 6.03. The predicted octanol–water partition coefficient (Wildman–Crippen LogP) is 1.38. The van der Waals surface area contributed by atoms with Crippen LogP contribution < -0.4 is 0 Å². The van der Waals surface area contributed by atoms with Gasteiger partial charge in [0, 0.05) is 25.6 Å². The molecule has 0 aromatic carbocycles. The molecule has 0 aliphatic carbocycles. The van der Waals surface area contributed by atoms with Gasteiger partial charge in [-0.05, 0) is 33.9 Å². The Bertz CT molecular complexity index is 218. The minimum absolute atomic E-state index is 0.0940. The number of hydrogen-bond donors (Lipinski definition) is 0. The van der Waals surface area contributed by atoms with E-state index in [4.69, 9.17) is 0 Å². The average Bonchev–Trinajstić information content (AvgIpc) is 2.37. The third-order valence-corrected chi connectivity index (χ3v) is 3.41. The second-order valence-corrected chi connectivity index (χ2v) is 4.70. The van der Waals surface area contributed by atoms with Crippen LogP contribution in [0.5, 0.6) is 0 Å². The van der Waals surface area contributed by atoms with Crippen molar-refractivity contribution < 1.29 is 4.79 Å². The topological polar surface area (TPSA) is 23.6 Å². The van der Waals surface area contributed by atoms with Crippen molar-refractivity contribution in [2.75, 3.05) is 26.7 Å². The van der Waals surface area contributed by atoms with Crippen LogP contribution in [0.2, 0.25) is 0 Å². The number of ketones is 1. The molecule has 88 valence electrons. The van der Waals surface area contributed by atoms with Crippen LogP contribution in [0.15, 0.2) is 0 Å². The fraction of sp³-hybridized carbons (Fsp3) is 0.917. The van der Waals surface area contributed by atoms with E-state index >= 15 is 0 Å². The molecule has 15 heavy (non-hydrogen) atoms. The summed E-state index contributed by atoms with van der Waals surface area (Å²) in [6.45, 7) is 9.50. The zero-order valence-corrected chi connectivity index (χ0v) is 10.5. The van der Waals surface area contributed by atoms with Gasteiger partial charge in [-0.25, -0.2) is 0 Å². The summed E-state index contributed by atoms with van der Waals surface area (Å²) in [7, 11) is 2.16. The predicted molar refractivity (Wildman–Crippen MR) is 63.0 cm³/mol. The van der Waals surface area contributed by atoms with E-state index in [0.29, 0.717) is 18.2 Å². The highest BCUT2D eigenvalue weighted by Gasteiger charge is 2.26. The number of hydrogen-bond acceptors (Lipinski definition) is 3. The molecule has 0 aromatic rings. The van der Waals surface area contributed by atoms with Crippen LogP contribution in [0.1, 0.15) is 33.6 Å². The van der Waals surface area contributed by atoms with Gasteiger partial charge in [-0.15, -0.1) is 0 Å². The molecule has 0 saturated carbocycles. The molecule has 1 rings (SSSR count). The lowest BCUT2D eigenvalue weighted by atomic mass is 10.1. The molecular formula is C12H24N2O. The third-order valence-electron chi connectivity index (χ3n) is 3.41. The lowest BCUT2D eigenvalue weighted by molar-refractivity contribution is -0.124. The average molecular weight is 212 g/mol. The minimum Gasteiger partial charge on any atom is -0.305 e. The van der Waals surface area contributed by atoms with Gasteiger partial charge in [0.1, 0.15) is 5.78 Å². The summed E-state index contributed by atoms with van der Waals surface area (Å²) in [5.41, 5.74) is 0. The number of nitrogens with zero attached hydrogens (tertiary/aromatic N) is 2. The Morgan fingerprint density at radius 2 is 2.13 bits per heavy atom. The molecule has 0 amide bonds. The zero-order chi connectivity index (χ0) is 11.4. The van der Waals surface area contributed by atoms with E-state index in [2.05, 4.69) is 23.8 Å². The molecular weight excluding hydrogens is 188 g/mol. The molecule has 0 radical (unpaired) electrons. The van der Waals surface area contributed by atoms with Crippen molar-refractivity contribution in [3.8, 4) is 0 Å². The van der Waals surface area contributed by atoms with E-state index in [-0.39, 0.29) is 6.04 Å². The highest BCUT2D eigenvalue weighted by molar-refractivity contribution is 5.83. The van der Waals surface area contributed by atoms with E-state index < -0.39 is 0 Å². The first-order valence-corrected chi connectivity index (χ1v) is 6.03. The quantitative estimate of drug-likeness (QED) is 0.706. The molecule has 1 saturated heterocycles. The van der Waals surface area contributed by atoms with Crippen LogP contribution >= 0.6 is 0 Å². The normalized spacial score (nSPS) is 27.3. The van der Waals surface area contributed by atoms with Crippen molar-refractivity contribution in [2.45, 2.75) is 45.7 Å². The molecule has 0 N–H and O–H groups in total. The number of carbonyl (C=O) groups is 1. The van der Waals surface area contributed by atoms with Crippen molar-refractivity contribution in [1.29, 1.82) is 0 Å². The monoisotopic (exact) mass is 212 g/mol. The SMILES string of the molecule is CCC(=O)C(C)N1CCCN(C)CC1C. The van der Waals surface area contributed by atoms with Crippen LogP contribution in [0, 0.1) is 0 Å². The van der Waals surface area contributed by atoms with E-state index in [1.165, 1.54) is 6.42 Å². The maximum atomic E-state index is 11.7. The molecule has 0 bridgehead atoms. The van der Waals surface area contributed by atoms with Gasteiger partial charge in [-0.1, -0.05) is 6.92 Å². The van der Waals surface area contributed by atoms with Crippen LogP contribution in [0.3, 0.4) is 0 Å². The van der Waals surface area contributed by atoms with Crippen molar-refractivity contribution >= 4 is 5.78 Å². The van der Waals surface area contributed by atoms with E-state index in [1.54, 1.807) is 0 Å². The maximum absolute atomic E-state index is 11.7. The fourth-order valence-corrected chi connectivity index (χ4v) is 2.45. The largest absolute Gasteiger partial charge is 0.305 e. The molecule has 2 unspecified atom stereocenters. The van der Waals surface area contributed by atoms with Crippen molar-refractivity contribution in [1.82, 2.24) is 9.80 Å². The minimum atomic E-state index is 0.0940. The summed E-state index contributed by atoms with van der Waals surface area (Å²) < 4.78 is 0. The molecule has 1 aliphatic heterocycles. The Morgan fingerprint density at radius 3 is 2.73 bits per heavy atom. The zero-order valence-electron chi connectivity index (χ0n) is 10.5. The highest BCUT2D eigenvalue weighted by atomic mass is 16.1. The lowest BCUT2D eigenvalue weighted by Crippen LogP contribution is -2.46. The second-order valence-electron chi connectivity index (χ2n) is 4.70. The van der Waals surface area contributed by atoms with Gasteiger partial charge in [0.05, 0.1) is 6.04 Å². The molecule has 0 aromatic heterocycles. The Balaban J connectivity index is 2.62. The van der Waals surface area contributed by atoms with Crippen LogP contribution in [-0.2, 0) is 4.79 Å². The van der Waals surface area contributed by atoms with Gasteiger partial charge in [0.2, 0.25) is 0 Å². The lowest BCUT2D eigenvalue weighted by Gasteiger charge is -2.32. The molecule has 1 heterocycles. The fourth-order valence-electron chi connectivity index (χ4n) is 2.45. The molecule has 3 nitrogen and oxygen atoms in total. The second kappa shape index (κ2) is 5.61. The summed E-state index contributed by atoms with van der Waals surface area (Å²) in [5.74, 6) is 0.367. The first kappa shape index (κ1) is 12.7. The summed E-state index contributed by atoms with van der Waals surface area (Å²) >= 11 is 0. The smallest absolute Gasteiger partial charge is 0.149 e. The van der Waals surface area contributed by atoms with Gasteiger partial charge in [-0.2, -0.15) is 0 Å². The van der Waals surface area contributed by atoms with Gasteiger partial charge in [0.15, 0.2) is 0 Å². The van der Waals surface area contributed by atoms with Gasteiger partial charge in [0.25, 0.3) is 0 Å². The Labute approximate surface area is 93.4 Å². The summed E-state index contributed by atoms with van der Waals surface area (Å²) in [5, 5.41) is 0. The van der Waals surface area contributed by atoms with Crippen LogP contribution in [0.4, 0.5) is 0 Å². The summed E-state index contributed by atoms with van der Waals surface area (Å²) in [6.07, 6.45) is 1.82. The number of Topliss-reactive ketones (excluding diaryl/α,β-unsaturated/α-hetero) is 1. The van der Waals surface area contributed by atoms with E-state index in [9.17, 15) is 4.79 Å². The highest BCUT2D eigenvalue weighted by Crippen LogP contribution is 2.13.